The van der Waals surface area contributed by atoms with Gasteiger partial charge in [-0.1, -0.05) is 17.3 Å². The molecule has 110 valence electrons. The highest BCUT2D eigenvalue weighted by Gasteiger charge is 2.30. The molecule has 0 aromatic heterocycles. The molecule has 0 bridgehead atoms. The largest absolute Gasteiger partial charge is 0.302 e. The lowest BCUT2D eigenvalue weighted by molar-refractivity contribution is 0.151. The monoisotopic (exact) mass is 278 g/mol. The average molecular weight is 278 g/mol. The number of rotatable bonds is 5. The van der Waals surface area contributed by atoms with Gasteiger partial charge < -0.3 is 4.90 Å². The van der Waals surface area contributed by atoms with Gasteiger partial charge in [-0.2, -0.15) is 4.91 Å². The van der Waals surface area contributed by atoms with E-state index in [0.29, 0.717) is 18.4 Å². The van der Waals surface area contributed by atoms with E-state index in [2.05, 4.69) is 24.2 Å². The third-order valence-electron chi connectivity index (χ3n) is 4.42. The molecule has 1 aromatic rings. The summed E-state index contributed by atoms with van der Waals surface area (Å²) in [6, 6.07) is 7.17. The van der Waals surface area contributed by atoms with E-state index < -0.39 is 0 Å². The van der Waals surface area contributed by atoms with E-state index in [4.69, 9.17) is 0 Å². The maximum atomic E-state index is 13.5. The van der Waals surface area contributed by atoms with Gasteiger partial charge in [-0.05, 0) is 69.3 Å². The van der Waals surface area contributed by atoms with Crippen LogP contribution in [0.2, 0.25) is 0 Å². The number of halogens is 1. The fourth-order valence-electron chi connectivity index (χ4n) is 3.47. The second-order valence-corrected chi connectivity index (χ2v) is 6.06. The van der Waals surface area contributed by atoms with Gasteiger partial charge in [0.15, 0.2) is 0 Å². The molecule has 1 aliphatic rings. The molecule has 1 aliphatic carbocycles. The second kappa shape index (κ2) is 6.93. The number of hydrogen-bond donors (Lipinski definition) is 0. The second-order valence-electron chi connectivity index (χ2n) is 6.06. The molecular formula is C16H23FN2O. The van der Waals surface area contributed by atoms with E-state index in [1.165, 1.54) is 6.07 Å². The molecule has 0 N–H and O–H groups in total. The van der Waals surface area contributed by atoms with Crippen LogP contribution in [0.1, 0.15) is 37.3 Å². The molecule has 1 fully saturated rings. The van der Waals surface area contributed by atoms with Crippen LogP contribution in [0.4, 0.5) is 4.39 Å². The van der Waals surface area contributed by atoms with Crippen LogP contribution >= 0.6 is 0 Å². The Kier molecular flexibility index (Phi) is 5.24. The van der Waals surface area contributed by atoms with Gasteiger partial charge in [0, 0.05) is 6.04 Å². The van der Waals surface area contributed by atoms with Crippen molar-refractivity contribution < 1.29 is 4.39 Å². The Bertz CT molecular complexity index is 442. The summed E-state index contributed by atoms with van der Waals surface area (Å²) in [6.07, 6.45) is 4.27. The van der Waals surface area contributed by atoms with Crippen molar-refractivity contribution in [2.24, 2.45) is 17.0 Å². The SMILES string of the molecule is CN(C)C(c1cccc(F)c1)C1CCC(CN=O)CC1. The van der Waals surface area contributed by atoms with Crippen molar-refractivity contribution in [3.05, 3.63) is 40.6 Å². The van der Waals surface area contributed by atoms with E-state index >= 15 is 0 Å². The highest BCUT2D eigenvalue weighted by atomic mass is 19.1. The molecular weight excluding hydrogens is 255 g/mol. The predicted octanol–water partition coefficient (Wildman–Crippen LogP) is 4.00. The maximum Gasteiger partial charge on any atom is 0.123 e. The lowest BCUT2D eigenvalue weighted by Crippen LogP contribution is -2.31. The summed E-state index contributed by atoms with van der Waals surface area (Å²) in [5.74, 6) is 0.793. The Balaban J connectivity index is 2.09. The van der Waals surface area contributed by atoms with Crippen LogP contribution < -0.4 is 0 Å². The lowest BCUT2D eigenvalue weighted by Gasteiger charge is -2.37. The minimum absolute atomic E-state index is 0.173. The molecule has 4 heteroatoms. The van der Waals surface area contributed by atoms with Gasteiger partial charge in [-0.3, -0.25) is 0 Å². The minimum Gasteiger partial charge on any atom is -0.302 e. The van der Waals surface area contributed by atoms with Crippen molar-refractivity contribution in [2.75, 3.05) is 20.6 Å². The summed E-state index contributed by atoms with van der Waals surface area (Å²) in [6.45, 7) is 0.444. The molecule has 3 nitrogen and oxygen atoms in total. The number of nitrogens with zero attached hydrogens (tertiary/aromatic N) is 2. The van der Waals surface area contributed by atoms with Crippen molar-refractivity contribution in [2.45, 2.75) is 31.7 Å². The van der Waals surface area contributed by atoms with E-state index in [1.54, 1.807) is 12.1 Å². The van der Waals surface area contributed by atoms with Gasteiger partial charge in [0.1, 0.15) is 5.82 Å². The topological polar surface area (TPSA) is 32.7 Å². The molecule has 0 saturated heterocycles. The predicted molar refractivity (Wildman–Crippen MR) is 78.9 cm³/mol. The zero-order chi connectivity index (χ0) is 14.5. The summed E-state index contributed by atoms with van der Waals surface area (Å²) in [7, 11) is 4.10. The highest BCUT2D eigenvalue weighted by Crippen LogP contribution is 2.39. The van der Waals surface area contributed by atoms with E-state index in [9.17, 15) is 9.30 Å². The molecule has 1 saturated carbocycles. The van der Waals surface area contributed by atoms with Crippen LogP contribution in [0.25, 0.3) is 0 Å². The first-order valence-electron chi connectivity index (χ1n) is 7.33. The van der Waals surface area contributed by atoms with E-state index in [-0.39, 0.29) is 11.9 Å². The van der Waals surface area contributed by atoms with Gasteiger partial charge in [0.2, 0.25) is 0 Å². The van der Waals surface area contributed by atoms with Crippen molar-refractivity contribution in [3.63, 3.8) is 0 Å². The molecule has 20 heavy (non-hydrogen) atoms. The molecule has 0 aliphatic heterocycles. The van der Waals surface area contributed by atoms with Gasteiger partial charge in [0.05, 0.1) is 6.54 Å². The van der Waals surface area contributed by atoms with E-state index in [1.807, 2.05) is 6.07 Å². The molecule has 1 atom stereocenters. The average Bonchev–Trinajstić information content (AvgIpc) is 2.41. The summed E-state index contributed by atoms with van der Waals surface area (Å²) in [5.41, 5.74) is 1.05. The lowest BCUT2D eigenvalue weighted by atomic mass is 9.76. The Morgan fingerprint density at radius 1 is 1.30 bits per heavy atom. The van der Waals surface area contributed by atoms with E-state index in [0.717, 1.165) is 31.2 Å². The van der Waals surface area contributed by atoms with Crippen LogP contribution in [0, 0.1) is 22.6 Å². The Morgan fingerprint density at radius 3 is 2.55 bits per heavy atom. The molecule has 1 unspecified atom stereocenters. The first kappa shape index (κ1) is 15.1. The van der Waals surface area contributed by atoms with Crippen molar-refractivity contribution in [3.8, 4) is 0 Å². The van der Waals surface area contributed by atoms with Crippen molar-refractivity contribution in [1.29, 1.82) is 0 Å². The molecule has 0 spiro atoms. The van der Waals surface area contributed by atoms with Crippen LogP contribution in [0.15, 0.2) is 29.4 Å². The Morgan fingerprint density at radius 2 is 2.00 bits per heavy atom. The molecule has 0 heterocycles. The fraction of sp³-hybridized carbons (Fsp3) is 0.625. The molecule has 0 amide bonds. The summed E-state index contributed by atoms with van der Waals surface area (Å²) < 4.78 is 13.5. The number of hydrogen-bond acceptors (Lipinski definition) is 3. The van der Waals surface area contributed by atoms with Gasteiger partial charge in [-0.15, -0.1) is 0 Å². The van der Waals surface area contributed by atoms with Crippen LogP contribution in [-0.2, 0) is 0 Å². The first-order valence-corrected chi connectivity index (χ1v) is 7.33. The molecule has 2 rings (SSSR count). The normalized spacial score (nSPS) is 24.6. The van der Waals surface area contributed by atoms with Crippen molar-refractivity contribution >= 4 is 0 Å². The molecule has 0 radical (unpaired) electrons. The van der Waals surface area contributed by atoms with Gasteiger partial charge in [0.25, 0.3) is 0 Å². The van der Waals surface area contributed by atoms with Gasteiger partial charge >= 0.3 is 0 Å². The summed E-state index contributed by atoms with van der Waals surface area (Å²) in [4.78, 5) is 12.5. The highest BCUT2D eigenvalue weighted by molar-refractivity contribution is 5.21. The minimum atomic E-state index is -0.173. The summed E-state index contributed by atoms with van der Waals surface area (Å²) >= 11 is 0. The zero-order valence-corrected chi connectivity index (χ0v) is 12.3. The Hall–Kier alpha value is -1.29. The third-order valence-corrected chi connectivity index (χ3v) is 4.42. The van der Waals surface area contributed by atoms with Gasteiger partial charge in [-0.25, -0.2) is 4.39 Å². The van der Waals surface area contributed by atoms with Crippen LogP contribution in [0.3, 0.4) is 0 Å². The zero-order valence-electron chi connectivity index (χ0n) is 12.3. The number of benzene rings is 1. The smallest absolute Gasteiger partial charge is 0.123 e. The summed E-state index contributed by atoms with van der Waals surface area (Å²) in [5, 5.41) is 3.02. The fourth-order valence-corrected chi connectivity index (χ4v) is 3.47. The Labute approximate surface area is 120 Å². The maximum absolute atomic E-state index is 13.5. The standard InChI is InChI=1S/C16H23FN2O/c1-19(2)16(14-4-3-5-15(17)10-14)13-8-6-12(7-9-13)11-18-20/h3-5,10,12-13,16H,6-9,11H2,1-2H3. The first-order chi connectivity index (χ1) is 9.61. The van der Waals surface area contributed by atoms with Crippen LogP contribution in [0.5, 0.6) is 0 Å². The molecule has 1 aromatic carbocycles. The van der Waals surface area contributed by atoms with Crippen molar-refractivity contribution in [1.82, 2.24) is 4.90 Å². The van der Waals surface area contributed by atoms with Crippen LogP contribution in [-0.4, -0.2) is 25.5 Å². The third kappa shape index (κ3) is 3.63. The number of nitroso groups, excluding NO2 is 1. The quantitative estimate of drug-likeness (QED) is 0.763.